The van der Waals surface area contributed by atoms with Crippen LogP contribution in [0.15, 0.2) is 0 Å². The van der Waals surface area contributed by atoms with Gasteiger partial charge in [0, 0.05) is 26.1 Å². The first-order valence-corrected chi connectivity index (χ1v) is 7.48. The number of nitrogens with one attached hydrogen (secondary N) is 1. The maximum Gasteiger partial charge on any atom is 0.244 e. The fourth-order valence-corrected chi connectivity index (χ4v) is 3.12. The molecule has 3 N–H and O–H groups in total. The van der Waals surface area contributed by atoms with E-state index in [4.69, 9.17) is 10.5 Å². The molecule has 20 heavy (non-hydrogen) atoms. The minimum Gasteiger partial charge on any atom is -0.377 e. The SMILES string of the molecule is CNC(=O)C1COCCN1C(=O)CC1CCCCC1N. The van der Waals surface area contributed by atoms with Crippen LogP contribution in [0.4, 0.5) is 0 Å². The van der Waals surface area contributed by atoms with E-state index in [9.17, 15) is 9.59 Å². The number of carbonyl (C=O) groups excluding carboxylic acids is 2. The molecule has 2 amide bonds. The molecule has 1 heterocycles. The van der Waals surface area contributed by atoms with Gasteiger partial charge in [0.25, 0.3) is 0 Å². The van der Waals surface area contributed by atoms with Gasteiger partial charge in [-0.05, 0) is 18.8 Å². The van der Waals surface area contributed by atoms with Crippen molar-refractivity contribution in [3.8, 4) is 0 Å². The molecule has 6 heteroatoms. The first-order chi connectivity index (χ1) is 9.63. The fraction of sp³-hybridized carbons (Fsp3) is 0.857. The summed E-state index contributed by atoms with van der Waals surface area (Å²) in [6.07, 6.45) is 4.77. The van der Waals surface area contributed by atoms with Crippen molar-refractivity contribution in [2.75, 3.05) is 26.8 Å². The van der Waals surface area contributed by atoms with E-state index in [1.165, 1.54) is 0 Å². The molecule has 0 bridgehead atoms. The third-order valence-corrected chi connectivity index (χ3v) is 4.40. The monoisotopic (exact) mass is 283 g/mol. The molecule has 3 unspecified atom stereocenters. The van der Waals surface area contributed by atoms with Crippen molar-refractivity contribution >= 4 is 11.8 Å². The molecular weight excluding hydrogens is 258 g/mol. The number of morpholine rings is 1. The van der Waals surface area contributed by atoms with Gasteiger partial charge in [-0.3, -0.25) is 9.59 Å². The number of hydrogen-bond donors (Lipinski definition) is 2. The van der Waals surface area contributed by atoms with E-state index < -0.39 is 6.04 Å². The molecule has 2 aliphatic rings. The largest absolute Gasteiger partial charge is 0.377 e. The molecule has 0 aromatic rings. The van der Waals surface area contributed by atoms with E-state index in [0.717, 1.165) is 25.7 Å². The molecule has 1 saturated carbocycles. The minimum atomic E-state index is -0.499. The second-order valence-corrected chi connectivity index (χ2v) is 5.70. The normalized spacial score (nSPS) is 30.9. The summed E-state index contributed by atoms with van der Waals surface area (Å²) >= 11 is 0. The van der Waals surface area contributed by atoms with Gasteiger partial charge in [0.2, 0.25) is 11.8 Å². The molecule has 3 atom stereocenters. The lowest BCUT2D eigenvalue weighted by Crippen LogP contribution is -2.56. The van der Waals surface area contributed by atoms with Gasteiger partial charge in [0.1, 0.15) is 6.04 Å². The Morgan fingerprint density at radius 2 is 2.10 bits per heavy atom. The van der Waals surface area contributed by atoms with Crippen LogP contribution in [0.3, 0.4) is 0 Å². The van der Waals surface area contributed by atoms with Crippen LogP contribution < -0.4 is 11.1 Å². The summed E-state index contributed by atoms with van der Waals surface area (Å²) in [7, 11) is 1.58. The Hall–Kier alpha value is -1.14. The van der Waals surface area contributed by atoms with Crippen molar-refractivity contribution < 1.29 is 14.3 Å². The van der Waals surface area contributed by atoms with Crippen LogP contribution in [0, 0.1) is 5.92 Å². The van der Waals surface area contributed by atoms with Crippen LogP contribution in [-0.4, -0.2) is 55.6 Å². The molecule has 1 saturated heterocycles. The average molecular weight is 283 g/mol. The van der Waals surface area contributed by atoms with Gasteiger partial charge in [-0.25, -0.2) is 0 Å². The zero-order valence-corrected chi connectivity index (χ0v) is 12.1. The van der Waals surface area contributed by atoms with Gasteiger partial charge < -0.3 is 20.7 Å². The van der Waals surface area contributed by atoms with Crippen LogP contribution in [0.25, 0.3) is 0 Å². The lowest BCUT2D eigenvalue weighted by Gasteiger charge is -2.36. The number of nitrogens with two attached hydrogens (primary N) is 1. The molecule has 0 radical (unpaired) electrons. The number of carbonyl (C=O) groups is 2. The third kappa shape index (κ3) is 3.49. The first kappa shape index (κ1) is 15.3. The summed E-state index contributed by atoms with van der Waals surface area (Å²) in [4.78, 5) is 26.0. The van der Waals surface area contributed by atoms with Crippen molar-refractivity contribution in [3.05, 3.63) is 0 Å². The van der Waals surface area contributed by atoms with Gasteiger partial charge in [0.05, 0.1) is 13.2 Å². The zero-order chi connectivity index (χ0) is 14.5. The molecule has 0 spiro atoms. The van der Waals surface area contributed by atoms with E-state index in [1.807, 2.05) is 0 Å². The molecule has 0 aromatic carbocycles. The number of ether oxygens (including phenoxy) is 1. The second-order valence-electron chi connectivity index (χ2n) is 5.70. The Morgan fingerprint density at radius 1 is 1.35 bits per heavy atom. The Kier molecular flexibility index (Phi) is 5.37. The highest BCUT2D eigenvalue weighted by Gasteiger charge is 2.34. The Labute approximate surface area is 120 Å². The third-order valence-electron chi connectivity index (χ3n) is 4.40. The van der Waals surface area contributed by atoms with E-state index in [2.05, 4.69) is 5.32 Å². The topological polar surface area (TPSA) is 84.7 Å². The van der Waals surface area contributed by atoms with E-state index >= 15 is 0 Å². The van der Waals surface area contributed by atoms with Crippen LogP contribution in [0.1, 0.15) is 32.1 Å². The minimum absolute atomic E-state index is 0.0317. The average Bonchev–Trinajstić information content (AvgIpc) is 2.48. The molecule has 114 valence electrons. The first-order valence-electron chi connectivity index (χ1n) is 7.48. The van der Waals surface area contributed by atoms with Gasteiger partial charge >= 0.3 is 0 Å². The molecular formula is C14H25N3O3. The highest BCUT2D eigenvalue weighted by atomic mass is 16.5. The number of amides is 2. The van der Waals surface area contributed by atoms with E-state index in [-0.39, 0.29) is 30.4 Å². The second kappa shape index (κ2) is 7.04. The summed E-state index contributed by atoms with van der Waals surface area (Å²) in [5.41, 5.74) is 6.10. The standard InChI is InChI=1S/C14H25N3O3/c1-16-14(19)12-9-20-7-6-17(12)13(18)8-10-4-2-3-5-11(10)15/h10-12H,2-9,15H2,1H3,(H,16,19). The quantitative estimate of drug-likeness (QED) is 0.755. The van der Waals surface area contributed by atoms with Crippen molar-refractivity contribution in [2.24, 2.45) is 11.7 Å². The van der Waals surface area contributed by atoms with Crippen LogP contribution >= 0.6 is 0 Å². The molecule has 1 aliphatic heterocycles. The highest BCUT2D eigenvalue weighted by Crippen LogP contribution is 2.26. The zero-order valence-electron chi connectivity index (χ0n) is 12.1. The molecule has 6 nitrogen and oxygen atoms in total. The summed E-state index contributed by atoms with van der Waals surface area (Å²) in [5, 5.41) is 2.59. The fourth-order valence-electron chi connectivity index (χ4n) is 3.12. The summed E-state index contributed by atoms with van der Waals surface area (Å²) < 4.78 is 5.32. The van der Waals surface area contributed by atoms with Crippen molar-refractivity contribution in [1.82, 2.24) is 10.2 Å². The van der Waals surface area contributed by atoms with Gasteiger partial charge in [-0.2, -0.15) is 0 Å². The maximum absolute atomic E-state index is 12.5. The van der Waals surface area contributed by atoms with Gasteiger partial charge in [0.15, 0.2) is 0 Å². The van der Waals surface area contributed by atoms with Crippen molar-refractivity contribution in [1.29, 1.82) is 0 Å². The van der Waals surface area contributed by atoms with Crippen LogP contribution in [0.5, 0.6) is 0 Å². The van der Waals surface area contributed by atoms with Crippen molar-refractivity contribution in [3.63, 3.8) is 0 Å². The van der Waals surface area contributed by atoms with Gasteiger partial charge in [-0.15, -0.1) is 0 Å². The van der Waals surface area contributed by atoms with Crippen LogP contribution in [-0.2, 0) is 14.3 Å². The highest BCUT2D eigenvalue weighted by molar-refractivity contribution is 5.88. The number of hydrogen-bond acceptors (Lipinski definition) is 4. The predicted octanol–water partition coefficient (Wildman–Crippen LogP) is -0.133. The molecule has 0 aromatic heterocycles. The number of rotatable bonds is 3. The van der Waals surface area contributed by atoms with E-state index in [1.54, 1.807) is 11.9 Å². The lowest BCUT2D eigenvalue weighted by molar-refractivity contribution is -0.149. The Morgan fingerprint density at radius 3 is 2.80 bits per heavy atom. The lowest BCUT2D eigenvalue weighted by atomic mass is 9.82. The Balaban J connectivity index is 1.96. The van der Waals surface area contributed by atoms with Crippen LogP contribution in [0.2, 0.25) is 0 Å². The van der Waals surface area contributed by atoms with Gasteiger partial charge in [-0.1, -0.05) is 12.8 Å². The summed E-state index contributed by atoms with van der Waals surface area (Å²) in [6, 6.07) is -0.381. The molecule has 2 fully saturated rings. The van der Waals surface area contributed by atoms with Crippen molar-refractivity contribution in [2.45, 2.75) is 44.2 Å². The number of likely N-dealkylation sites (N-methyl/N-ethyl adjacent to an activating group) is 1. The molecule has 1 aliphatic carbocycles. The number of nitrogens with zero attached hydrogens (tertiary/aromatic N) is 1. The summed E-state index contributed by atoms with van der Waals surface area (Å²) in [5.74, 6) is 0.125. The van der Waals surface area contributed by atoms with E-state index in [0.29, 0.717) is 19.6 Å². The summed E-state index contributed by atoms with van der Waals surface area (Å²) in [6.45, 7) is 1.26. The predicted molar refractivity (Wildman–Crippen MR) is 74.9 cm³/mol. The Bertz CT molecular complexity index is 362. The maximum atomic E-state index is 12.5. The smallest absolute Gasteiger partial charge is 0.244 e. The molecule has 2 rings (SSSR count).